The molecule has 17 heavy (non-hydrogen) atoms. The SMILES string of the molecule is CN/C=C(\C(=N)N1CCC(OC)CC1)C(N)=O. The van der Waals surface area contributed by atoms with E-state index in [1.165, 1.54) is 6.20 Å². The van der Waals surface area contributed by atoms with E-state index in [0.717, 1.165) is 12.8 Å². The number of piperidine rings is 1. The molecule has 1 fully saturated rings. The van der Waals surface area contributed by atoms with Crippen molar-refractivity contribution in [3.05, 3.63) is 11.8 Å². The van der Waals surface area contributed by atoms with E-state index in [-0.39, 0.29) is 17.5 Å². The molecule has 0 radical (unpaired) electrons. The molecular weight excluding hydrogens is 220 g/mol. The minimum absolute atomic E-state index is 0.182. The molecule has 1 rings (SSSR count). The second kappa shape index (κ2) is 6.24. The van der Waals surface area contributed by atoms with Crippen LogP contribution in [0.5, 0.6) is 0 Å². The van der Waals surface area contributed by atoms with E-state index < -0.39 is 5.91 Å². The second-order valence-corrected chi connectivity index (χ2v) is 3.98. The molecule has 0 aromatic rings. The van der Waals surface area contributed by atoms with Gasteiger partial charge in [-0.25, -0.2) is 0 Å². The first-order valence-electron chi connectivity index (χ1n) is 5.64. The maximum atomic E-state index is 11.2. The Hall–Kier alpha value is -1.56. The van der Waals surface area contributed by atoms with Gasteiger partial charge in [0.05, 0.1) is 11.7 Å². The van der Waals surface area contributed by atoms with Crippen LogP contribution in [0.25, 0.3) is 0 Å². The Balaban J connectivity index is 2.64. The van der Waals surface area contributed by atoms with E-state index in [0.29, 0.717) is 13.1 Å². The number of methoxy groups -OCH3 is 1. The number of amidine groups is 1. The summed E-state index contributed by atoms with van der Waals surface area (Å²) in [6, 6.07) is 0. The van der Waals surface area contributed by atoms with Crippen LogP contribution in [0.4, 0.5) is 0 Å². The number of rotatable bonds is 4. The van der Waals surface area contributed by atoms with Crippen LogP contribution in [0.1, 0.15) is 12.8 Å². The fraction of sp³-hybridized carbons (Fsp3) is 0.636. The quantitative estimate of drug-likeness (QED) is 0.356. The molecule has 0 aromatic heterocycles. The van der Waals surface area contributed by atoms with Crippen LogP contribution in [0.15, 0.2) is 11.8 Å². The number of nitrogens with two attached hydrogens (primary N) is 1. The Morgan fingerprint density at radius 3 is 2.53 bits per heavy atom. The standard InChI is InChI=1S/C11H20N4O2/c1-14-7-9(11(13)16)10(12)15-5-3-8(17-2)4-6-15/h7-8,12,14H,3-6H2,1-2H3,(H2,13,16)/b9-7+,12-10?. The number of hydrogen-bond acceptors (Lipinski definition) is 4. The first-order chi connectivity index (χ1) is 8.10. The molecule has 6 heteroatoms. The number of nitrogens with zero attached hydrogens (tertiary/aromatic N) is 1. The molecule has 0 atom stereocenters. The number of carbonyl (C=O) groups is 1. The molecule has 0 saturated carbocycles. The summed E-state index contributed by atoms with van der Waals surface area (Å²) in [4.78, 5) is 13.1. The lowest BCUT2D eigenvalue weighted by Crippen LogP contribution is -2.43. The minimum Gasteiger partial charge on any atom is -0.393 e. The Morgan fingerprint density at radius 1 is 1.53 bits per heavy atom. The number of primary amides is 1. The summed E-state index contributed by atoms with van der Waals surface area (Å²) in [5, 5.41) is 10.7. The van der Waals surface area contributed by atoms with E-state index in [1.807, 2.05) is 4.90 Å². The topological polar surface area (TPSA) is 91.4 Å². The summed E-state index contributed by atoms with van der Waals surface area (Å²) in [7, 11) is 3.37. The Labute approximate surface area is 101 Å². The Morgan fingerprint density at radius 2 is 2.12 bits per heavy atom. The zero-order valence-corrected chi connectivity index (χ0v) is 10.3. The van der Waals surface area contributed by atoms with E-state index >= 15 is 0 Å². The number of amides is 1. The van der Waals surface area contributed by atoms with Crippen LogP contribution in [0, 0.1) is 5.41 Å². The Bertz CT molecular complexity index is 319. The van der Waals surface area contributed by atoms with Gasteiger partial charge < -0.3 is 20.7 Å². The lowest BCUT2D eigenvalue weighted by Gasteiger charge is -2.33. The normalized spacial score (nSPS) is 18.0. The molecule has 96 valence electrons. The van der Waals surface area contributed by atoms with Crippen LogP contribution in [-0.2, 0) is 9.53 Å². The van der Waals surface area contributed by atoms with Crippen molar-refractivity contribution in [2.45, 2.75) is 18.9 Å². The van der Waals surface area contributed by atoms with Crippen molar-refractivity contribution in [1.29, 1.82) is 5.41 Å². The molecule has 1 aliphatic rings. The van der Waals surface area contributed by atoms with Crippen molar-refractivity contribution in [2.75, 3.05) is 27.2 Å². The fourth-order valence-corrected chi connectivity index (χ4v) is 1.89. The van der Waals surface area contributed by atoms with Crippen molar-refractivity contribution in [3.63, 3.8) is 0 Å². The predicted molar refractivity (Wildman–Crippen MR) is 65.7 cm³/mol. The lowest BCUT2D eigenvalue weighted by molar-refractivity contribution is -0.114. The highest BCUT2D eigenvalue weighted by molar-refractivity contribution is 6.18. The van der Waals surface area contributed by atoms with E-state index in [9.17, 15) is 4.79 Å². The van der Waals surface area contributed by atoms with Gasteiger partial charge >= 0.3 is 0 Å². The van der Waals surface area contributed by atoms with Crippen LogP contribution < -0.4 is 11.1 Å². The highest BCUT2D eigenvalue weighted by atomic mass is 16.5. The lowest BCUT2D eigenvalue weighted by atomic mass is 10.1. The van der Waals surface area contributed by atoms with Gasteiger partial charge in [-0.2, -0.15) is 0 Å². The molecule has 1 amide bonds. The average Bonchev–Trinajstić information content (AvgIpc) is 2.35. The number of nitrogens with one attached hydrogen (secondary N) is 2. The van der Waals surface area contributed by atoms with Crippen LogP contribution in [0.2, 0.25) is 0 Å². The molecule has 0 unspecified atom stereocenters. The highest BCUT2D eigenvalue weighted by Gasteiger charge is 2.24. The third-order valence-electron chi connectivity index (χ3n) is 2.90. The van der Waals surface area contributed by atoms with Gasteiger partial charge in [0.15, 0.2) is 0 Å². The van der Waals surface area contributed by atoms with Gasteiger partial charge in [-0.3, -0.25) is 10.2 Å². The summed E-state index contributed by atoms with van der Waals surface area (Å²) in [5.41, 5.74) is 5.46. The Kier molecular flexibility index (Phi) is 4.96. The van der Waals surface area contributed by atoms with Crippen molar-refractivity contribution < 1.29 is 9.53 Å². The first kappa shape index (κ1) is 13.5. The minimum atomic E-state index is -0.585. The third kappa shape index (κ3) is 3.45. The largest absolute Gasteiger partial charge is 0.393 e. The number of ether oxygens (including phenoxy) is 1. The molecule has 0 bridgehead atoms. The van der Waals surface area contributed by atoms with Crippen molar-refractivity contribution >= 4 is 11.7 Å². The summed E-state index contributed by atoms with van der Waals surface area (Å²) < 4.78 is 5.26. The van der Waals surface area contributed by atoms with Crippen molar-refractivity contribution in [3.8, 4) is 0 Å². The van der Waals surface area contributed by atoms with Gasteiger partial charge in [-0.1, -0.05) is 0 Å². The highest BCUT2D eigenvalue weighted by Crippen LogP contribution is 2.15. The van der Waals surface area contributed by atoms with Gasteiger partial charge in [0, 0.05) is 33.4 Å². The monoisotopic (exact) mass is 240 g/mol. The van der Waals surface area contributed by atoms with E-state index in [1.54, 1.807) is 14.2 Å². The summed E-state index contributed by atoms with van der Waals surface area (Å²) >= 11 is 0. The molecule has 1 heterocycles. The van der Waals surface area contributed by atoms with Gasteiger partial charge in [-0.05, 0) is 12.8 Å². The van der Waals surface area contributed by atoms with Crippen molar-refractivity contribution in [2.24, 2.45) is 5.73 Å². The second-order valence-electron chi connectivity index (χ2n) is 3.98. The first-order valence-corrected chi connectivity index (χ1v) is 5.64. The van der Waals surface area contributed by atoms with Gasteiger partial charge in [0.2, 0.25) is 0 Å². The molecular formula is C11H20N4O2. The summed E-state index contributed by atoms with van der Waals surface area (Å²) in [6.45, 7) is 1.43. The smallest absolute Gasteiger partial charge is 0.253 e. The van der Waals surface area contributed by atoms with Crippen LogP contribution >= 0.6 is 0 Å². The fourth-order valence-electron chi connectivity index (χ4n) is 1.89. The number of carbonyl (C=O) groups excluding carboxylic acids is 1. The molecule has 0 aliphatic carbocycles. The summed E-state index contributed by atoms with van der Waals surface area (Å²) in [5.74, 6) is -0.403. The molecule has 6 nitrogen and oxygen atoms in total. The van der Waals surface area contributed by atoms with Gasteiger partial charge in [0.25, 0.3) is 5.91 Å². The average molecular weight is 240 g/mol. The molecule has 1 saturated heterocycles. The maximum Gasteiger partial charge on any atom is 0.253 e. The van der Waals surface area contributed by atoms with E-state index in [2.05, 4.69) is 5.32 Å². The maximum absolute atomic E-state index is 11.2. The van der Waals surface area contributed by atoms with E-state index in [4.69, 9.17) is 15.9 Å². The van der Waals surface area contributed by atoms with Crippen LogP contribution in [0.3, 0.4) is 0 Å². The molecule has 4 N–H and O–H groups in total. The zero-order valence-electron chi connectivity index (χ0n) is 10.3. The zero-order chi connectivity index (χ0) is 12.8. The van der Waals surface area contributed by atoms with Crippen LogP contribution in [-0.4, -0.2) is 50.0 Å². The molecule has 0 aromatic carbocycles. The molecule has 0 spiro atoms. The third-order valence-corrected chi connectivity index (χ3v) is 2.90. The van der Waals surface area contributed by atoms with Gasteiger partial charge in [0.1, 0.15) is 5.84 Å². The predicted octanol–water partition coefficient (Wildman–Crippen LogP) is -0.337. The molecule has 1 aliphatic heterocycles. The number of hydrogen-bond donors (Lipinski definition) is 3. The van der Waals surface area contributed by atoms with Crippen molar-refractivity contribution in [1.82, 2.24) is 10.2 Å². The summed E-state index contributed by atoms with van der Waals surface area (Å²) in [6.07, 6.45) is 3.45. The van der Waals surface area contributed by atoms with Gasteiger partial charge in [-0.15, -0.1) is 0 Å². The number of likely N-dealkylation sites (tertiary alicyclic amines) is 1.